The molecule has 2 aromatic heterocycles. The van der Waals surface area contributed by atoms with E-state index in [1.54, 1.807) is 0 Å². The molecule has 0 spiro atoms. The lowest BCUT2D eigenvalue weighted by atomic mass is 10.1. The molecule has 1 fully saturated rings. The zero-order valence-electron chi connectivity index (χ0n) is 13.0. The number of fused-ring (bicyclic) bond motifs is 3. The van der Waals surface area contributed by atoms with Crippen molar-refractivity contribution in [1.29, 1.82) is 0 Å². The van der Waals surface area contributed by atoms with Crippen molar-refractivity contribution in [2.75, 3.05) is 13.1 Å². The van der Waals surface area contributed by atoms with Crippen molar-refractivity contribution >= 4 is 39.9 Å². The fraction of sp³-hybridized carbons (Fsp3) is 0.533. The first-order chi connectivity index (χ1) is 11.1. The summed E-state index contributed by atoms with van der Waals surface area (Å²) in [5.74, 6) is -1.48. The zero-order chi connectivity index (χ0) is 16.4. The lowest BCUT2D eigenvalue weighted by Gasteiger charge is -2.16. The summed E-state index contributed by atoms with van der Waals surface area (Å²) in [6.07, 6.45) is 4.77. The number of carboxylic acids is 1. The van der Waals surface area contributed by atoms with Gasteiger partial charge in [-0.15, -0.1) is 23.7 Å². The number of aliphatic hydroxyl groups is 1. The summed E-state index contributed by atoms with van der Waals surface area (Å²) >= 11 is 1.44. The Kier molecular flexibility index (Phi) is 6.34. The van der Waals surface area contributed by atoms with Gasteiger partial charge >= 0.3 is 5.97 Å². The van der Waals surface area contributed by atoms with Crippen molar-refractivity contribution in [3.63, 3.8) is 0 Å². The first kappa shape index (κ1) is 18.9. The number of H-pyrrole nitrogens is 1. The lowest BCUT2D eigenvalue weighted by Crippen LogP contribution is -2.30. The Labute approximate surface area is 148 Å². The van der Waals surface area contributed by atoms with E-state index < -0.39 is 5.97 Å². The molecule has 1 aliphatic carbocycles. The summed E-state index contributed by atoms with van der Waals surface area (Å²) in [7, 11) is 0. The molecule has 2 aliphatic rings. The summed E-state index contributed by atoms with van der Waals surface area (Å²) in [5.41, 5.74) is 0.729. The smallest absolute Gasteiger partial charge is 0.372 e. The van der Waals surface area contributed by atoms with Crippen LogP contribution in [0.1, 0.15) is 40.3 Å². The molecular weight excluding hydrogens is 354 g/mol. The number of carboxylic acid groups (broad SMARTS) is 1. The van der Waals surface area contributed by atoms with Crippen molar-refractivity contribution in [2.45, 2.75) is 38.2 Å². The first-order valence-corrected chi connectivity index (χ1v) is 8.54. The predicted octanol–water partition coefficient (Wildman–Crippen LogP) is 1.32. The van der Waals surface area contributed by atoms with Gasteiger partial charge in [-0.25, -0.2) is 9.78 Å². The van der Waals surface area contributed by atoms with Crippen molar-refractivity contribution in [3.8, 4) is 0 Å². The van der Waals surface area contributed by atoms with Crippen LogP contribution in [0.4, 0.5) is 0 Å². The molecule has 1 aliphatic heterocycles. The molecule has 0 aromatic carbocycles. The summed E-state index contributed by atoms with van der Waals surface area (Å²) in [6.45, 7) is 1.97. The van der Waals surface area contributed by atoms with E-state index in [9.17, 15) is 9.59 Å². The molecule has 132 valence electrons. The number of nitrogens with one attached hydrogen (secondary N) is 2. The van der Waals surface area contributed by atoms with Gasteiger partial charge in [0.15, 0.2) is 0 Å². The van der Waals surface area contributed by atoms with E-state index in [4.69, 9.17) is 10.2 Å². The van der Waals surface area contributed by atoms with E-state index in [1.165, 1.54) is 16.2 Å². The van der Waals surface area contributed by atoms with E-state index >= 15 is 0 Å². The second-order valence-corrected chi connectivity index (χ2v) is 6.82. The fourth-order valence-corrected chi connectivity index (χ4v) is 4.17. The van der Waals surface area contributed by atoms with Gasteiger partial charge in [-0.2, -0.15) is 0 Å². The van der Waals surface area contributed by atoms with Gasteiger partial charge in [-0.3, -0.25) is 4.79 Å². The number of halogens is 1. The maximum absolute atomic E-state index is 11.8. The maximum Gasteiger partial charge on any atom is 0.372 e. The number of rotatable bonds is 1. The van der Waals surface area contributed by atoms with Crippen LogP contribution in [-0.2, 0) is 12.8 Å². The van der Waals surface area contributed by atoms with Crippen LogP contribution < -0.4 is 10.9 Å². The molecule has 9 heteroatoms. The molecule has 4 N–H and O–H groups in total. The van der Waals surface area contributed by atoms with Gasteiger partial charge in [-0.1, -0.05) is 0 Å². The highest BCUT2D eigenvalue weighted by Crippen LogP contribution is 2.34. The number of hydrogen-bond donors (Lipinski definition) is 4. The molecule has 7 nitrogen and oxygen atoms in total. The Morgan fingerprint density at radius 3 is 2.54 bits per heavy atom. The highest BCUT2D eigenvalue weighted by molar-refractivity contribution is 7.18. The Hall–Kier alpha value is -1.48. The number of carbonyl (C=O) groups is 1. The topological polar surface area (TPSA) is 115 Å². The van der Waals surface area contributed by atoms with Crippen LogP contribution in [0.15, 0.2) is 4.79 Å². The molecular formula is C15H20ClN3O4S. The summed E-state index contributed by atoms with van der Waals surface area (Å²) in [6, 6.07) is 0. The average molecular weight is 374 g/mol. The molecule has 24 heavy (non-hydrogen) atoms. The average Bonchev–Trinajstić information content (AvgIpc) is 3.08. The maximum atomic E-state index is 11.8. The van der Waals surface area contributed by atoms with E-state index in [2.05, 4.69) is 15.3 Å². The summed E-state index contributed by atoms with van der Waals surface area (Å²) < 4.78 is 0. The quantitative estimate of drug-likeness (QED) is 0.599. The van der Waals surface area contributed by atoms with Gasteiger partial charge in [0.25, 0.3) is 5.56 Å². The molecule has 4 rings (SSSR count). The van der Waals surface area contributed by atoms with Gasteiger partial charge in [0.05, 0.1) is 11.5 Å². The minimum Gasteiger partial charge on any atom is -0.475 e. The van der Waals surface area contributed by atoms with E-state index in [1.807, 2.05) is 0 Å². The van der Waals surface area contributed by atoms with Crippen molar-refractivity contribution in [2.24, 2.45) is 0 Å². The molecule has 3 heterocycles. The molecule has 1 saturated heterocycles. The predicted molar refractivity (Wildman–Crippen MR) is 94.6 cm³/mol. The minimum atomic E-state index is -1.20. The van der Waals surface area contributed by atoms with Crippen molar-refractivity contribution in [3.05, 3.63) is 26.6 Å². The van der Waals surface area contributed by atoms with Crippen LogP contribution in [0.25, 0.3) is 10.2 Å². The van der Waals surface area contributed by atoms with Gasteiger partial charge in [0.1, 0.15) is 4.83 Å². The minimum absolute atomic E-state index is 0. The number of hydrogen-bond acceptors (Lipinski definition) is 6. The number of piperidine rings is 1. The number of aromatic carboxylic acids is 1. The fourth-order valence-electron chi connectivity index (χ4n) is 2.91. The van der Waals surface area contributed by atoms with Crippen LogP contribution in [-0.4, -0.2) is 45.3 Å². The second kappa shape index (κ2) is 8.06. The summed E-state index contributed by atoms with van der Waals surface area (Å²) in [5, 5.41) is 21.4. The highest BCUT2D eigenvalue weighted by atomic mass is 35.5. The monoisotopic (exact) mass is 373 g/mol. The van der Waals surface area contributed by atoms with E-state index in [0.29, 0.717) is 10.2 Å². The highest BCUT2D eigenvalue weighted by Gasteiger charge is 2.22. The second-order valence-electron chi connectivity index (χ2n) is 5.74. The number of thiophene rings is 1. The lowest BCUT2D eigenvalue weighted by molar-refractivity contribution is 0.0683. The Morgan fingerprint density at radius 2 is 1.96 bits per heavy atom. The van der Waals surface area contributed by atoms with Crippen LogP contribution in [0.5, 0.6) is 0 Å². The van der Waals surface area contributed by atoms with Gasteiger partial charge in [0.2, 0.25) is 5.82 Å². The normalized spacial score (nSPS) is 16.9. The number of aryl methyl sites for hydroxylation is 2. The number of aromatic amines is 1. The molecule has 0 bridgehead atoms. The third-order valence-corrected chi connectivity index (χ3v) is 5.27. The van der Waals surface area contributed by atoms with Crippen LogP contribution in [0.2, 0.25) is 0 Å². The van der Waals surface area contributed by atoms with E-state index in [-0.39, 0.29) is 29.9 Å². The van der Waals surface area contributed by atoms with E-state index in [0.717, 1.165) is 50.8 Å². The third kappa shape index (κ3) is 3.94. The number of aromatic nitrogens is 2. The third-order valence-electron chi connectivity index (χ3n) is 4.09. The zero-order valence-corrected chi connectivity index (χ0v) is 14.6. The Bertz CT molecular complexity index is 783. The van der Waals surface area contributed by atoms with Gasteiger partial charge in [-0.05, 0) is 50.8 Å². The van der Waals surface area contributed by atoms with Gasteiger partial charge in [0, 0.05) is 4.88 Å². The molecule has 0 atom stereocenters. The molecule has 2 aromatic rings. The molecule has 0 saturated carbocycles. The molecule has 0 amide bonds. The Morgan fingerprint density at radius 1 is 1.25 bits per heavy atom. The standard InChI is InChI=1S/C10H8N2O3S.C5H11NO.ClH/c13-8-6-4-2-1-3-5(4)16-9(6)12-7(11-8)10(14)15;7-5-1-3-6-4-2-5;/h1-3H2,(H,14,15)(H,11,12,13);5-7H,1-4H2;1H. The van der Waals surface area contributed by atoms with Crippen LogP contribution in [0.3, 0.4) is 0 Å². The van der Waals surface area contributed by atoms with Crippen molar-refractivity contribution in [1.82, 2.24) is 15.3 Å². The van der Waals surface area contributed by atoms with Gasteiger partial charge < -0.3 is 20.5 Å². The number of aliphatic hydroxyl groups excluding tert-OH is 1. The largest absolute Gasteiger partial charge is 0.475 e. The first-order valence-electron chi connectivity index (χ1n) is 7.73. The summed E-state index contributed by atoms with van der Waals surface area (Å²) in [4.78, 5) is 30.5. The van der Waals surface area contributed by atoms with Crippen LogP contribution >= 0.6 is 23.7 Å². The SMILES string of the molecule is Cl.O=C(O)c1nc2sc3c(c2c(=O)[nH]1)CCC3.OC1CCNCC1. The molecule has 0 radical (unpaired) electrons. The Balaban J connectivity index is 0.000000222. The van der Waals surface area contributed by atoms with Crippen molar-refractivity contribution < 1.29 is 15.0 Å². The van der Waals surface area contributed by atoms with Crippen LogP contribution in [0, 0.1) is 0 Å². The molecule has 0 unspecified atom stereocenters. The number of nitrogens with zero attached hydrogens (tertiary/aromatic N) is 1.